The van der Waals surface area contributed by atoms with Crippen molar-refractivity contribution < 1.29 is 19.4 Å². The number of benzene rings is 2. The van der Waals surface area contributed by atoms with E-state index in [9.17, 15) is 14.7 Å². The summed E-state index contributed by atoms with van der Waals surface area (Å²) in [4.78, 5) is 25.4. The fourth-order valence-corrected chi connectivity index (χ4v) is 3.23. The predicted molar refractivity (Wildman–Crippen MR) is 135 cm³/mol. The van der Waals surface area contributed by atoms with Gasteiger partial charge in [-0.2, -0.15) is 0 Å². The second kappa shape index (κ2) is 10.2. The number of carbonyl (C=O) groups is 2. The molecule has 0 bridgehead atoms. The molecule has 2 atom stereocenters. The van der Waals surface area contributed by atoms with Crippen LogP contribution in [-0.2, 0) is 20.7 Å². The molecule has 0 aliphatic rings. The van der Waals surface area contributed by atoms with E-state index in [0.717, 1.165) is 11.1 Å². The number of aliphatic hydroxyl groups excluding tert-OH is 1. The van der Waals surface area contributed by atoms with Crippen LogP contribution in [0.1, 0.15) is 66.5 Å². The Labute approximate surface area is 204 Å². The highest BCUT2D eigenvalue weighted by atomic mass is 16.5. The Bertz CT molecular complexity index is 991. The third-order valence-electron chi connectivity index (χ3n) is 5.87. The number of ether oxygens (including phenoxy) is 1. The molecule has 6 nitrogen and oxygen atoms in total. The van der Waals surface area contributed by atoms with E-state index in [4.69, 9.17) is 4.74 Å². The van der Waals surface area contributed by atoms with Crippen LogP contribution in [0.3, 0.4) is 0 Å². The minimum Gasteiger partial charge on any atom is -0.491 e. The largest absolute Gasteiger partial charge is 0.491 e. The van der Waals surface area contributed by atoms with E-state index < -0.39 is 21.9 Å². The zero-order valence-corrected chi connectivity index (χ0v) is 21.8. The topological polar surface area (TPSA) is 87.7 Å². The summed E-state index contributed by atoms with van der Waals surface area (Å²) in [6, 6.07) is 17.0. The first-order valence-corrected chi connectivity index (χ1v) is 11.7. The summed E-state index contributed by atoms with van der Waals surface area (Å²) in [5, 5.41) is 16.2. The van der Waals surface area contributed by atoms with Gasteiger partial charge in [-0.3, -0.25) is 9.59 Å². The van der Waals surface area contributed by atoms with Crippen LogP contribution in [0.2, 0.25) is 0 Å². The molecule has 186 valence electrons. The zero-order chi connectivity index (χ0) is 25.8. The van der Waals surface area contributed by atoms with Crippen molar-refractivity contribution >= 4 is 11.8 Å². The molecule has 0 saturated heterocycles. The van der Waals surface area contributed by atoms with Crippen LogP contribution < -0.4 is 15.4 Å². The van der Waals surface area contributed by atoms with Gasteiger partial charge in [-0.1, -0.05) is 84.0 Å². The van der Waals surface area contributed by atoms with Crippen molar-refractivity contribution in [2.24, 2.45) is 10.8 Å². The van der Waals surface area contributed by atoms with E-state index in [2.05, 4.69) is 10.6 Å². The van der Waals surface area contributed by atoms with Gasteiger partial charge in [-0.05, 0) is 37.1 Å². The first-order chi connectivity index (χ1) is 15.6. The molecule has 0 spiro atoms. The molecule has 0 aliphatic carbocycles. The lowest BCUT2D eigenvalue weighted by atomic mass is 9.88. The highest BCUT2D eigenvalue weighted by Crippen LogP contribution is 2.29. The normalized spacial score (nSPS) is 15.6. The van der Waals surface area contributed by atoms with Crippen LogP contribution in [0.4, 0.5) is 0 Å². The molecule has 6 heteroatoms. The molecule has 0 heterocycles. The van der Waals surface area contributed by atoms with Gasteiger partial charge >= 0.3 is 0 Å². The fraction of sp³-hybridized carbons (Fsp3) is 0.500. The van der Waals surface area contributed by atoms with Crippen molar-refractivity contribution in [1.29, 1.82) is 0 Å². The Morgan fingerprint density at radius 3 is 1.74 bits per heavy atom. The van der Waals surface area contributed by atoms with Crippen LogP contribution in [0, 0.1) is 10.8 Å². The van der Waals surface area contributed by atoms with Gasteiger partial charge in [0.1, 0.15) is 12.4 Å². The van der Waals surface area contributed by atoms with E-state index >= 15 is 0 Å². The van der Waals surface area contributed by atoms with Crippen LogP contribution in [0.15, 0.2) is 54.6 Å². The number of rotatable bonds is 8. The second-order valence-electron chi connectivity index (χ2n) is 11.4. The summed E-state index contributed by atoms with van der Waals surface area (Å²) in [7, 11) is 0. The third kappa shape index (κ3) is 6.83. The van der Waals surface area contributed by atoms with E-state index in [-0.39, 0.29) is 25.0 Å². The van der Waals surface area contributed by atoms with Crippen molar-refractivity contribution in [3.63, 3.8) is 0 Å². The molecule has 34 heavy (non-hydrogen) atoms. The van der Waals surface area contributed by atoms with Crippen LogP contribution >= 0.6 is 0 Å². The van der Waals surface area contributed by atoms with Crippen molar-refractivity contribution in [3.05, 3.63) is 65.7 Å². The molecule has 0 aromatic heterocycles. The van der Waals surface area contributed by atoms with Crippen molar-refractivity contribution in [1.82, 2.24) is 10.6 Å². The summed E-state index contributed by atoms with van der Waals surface area (Å²) in [6.07, 6.45) is 0. The minimum atomic E-state index is -0.965. The molecular formula is C28H40N2O4. The number of hydrogen-bond acceptors (Lipinski definition) is 4. The van der Waals surface area contributed by atoms with E-state index in [1.165, 1.54) is 0 Å². The molecule has 0 fully saturated rings. The van der Waals surface area contributed by atoms with Gasteiger partial charge in [0.15, 0.2) is 0 Å². The van der Waals surface area contributed by atoms with Gasteiger partial charge in [0.2, 0.25) is 11.8 Å². The quantitative estimate of drug-likeness (QED) is 0.532. The van der Waals surface area contributed by atoms with Crippen LogP contribution in [-0.4, -0.2) is 30.1 Å². The molecule has 0 unspecified atom stereocenters. The number of nitrogens with one attached hydrogen (secondary N) is 2. The molecule has 2 aromatic carbocycles. The van der Waals surface area contributed by atoms with Crippen LogP contribution in [0.5, 0.6) is 5.75 Å². The fourth-order valence-electron chi connectivity index (χ4n) is 3.23. The first kappa shape index (κ1) is 27.4. The van der Waals surface area contributed by atoms with Gasteiger partial charge in [0, 0.05) is 10.8 Å². The highest BCUT2D eigenvalue weighted by molar-refractivity contribution is 5.82. The maximum Gasteiger partial charge on any atom is 0.226 e. The second-order valence-corrected chi connectivity index (χ2v) is 11.4. The first-order valence-electron chi connectivity index (χ1n) is 11.7. The number of hydrogen-bond donors (Lipinski definition) is 3. The Hall–Kier alpha value is -2.86. The summed E-state index contributed by atoms with van der Waals surface area (Å²) in [6.45, 7) is 14.8. The molecule has 2 aromatic rings. The van der Waals surface area contributed by atoms with Gasteiger partial charge in [-0.15, -0.1) is 0 Å². The summed E-state index contributed by atoms with van der Waals surface area (Å²) >= 11 is 0. The molecule has 2 rings (SSSR count). The smallest absolute Gasteiger partial charge is 0.226 e. The Kier molecular flexibility index (Phi) is 8.20. The van der Waals surface area contributed by atoms with Crippen LogP contribution in [0.25, 0.3) is 0 Å². The Morgan fingerprint density at radius 1 is 0.735 bits per heavy atom. The SMILES string of the molecule is CC(C)(C)C(=O)N[C@](C)(CO)c1cccc(OC[C@](C)(NC(=O)C(C)(C)C)c2ccccc2)c1. The monoisotopic (exact) mass is 468 g/mol. The summed E-state index contributed by atoms with van der Waals surface area (Å²) in [5.74, 6) is 0.347. The Morgan fingerprint density at radius 2 is 1.24 bits per heavy atom. The van der Waals surface area contributed by atoms with E-state index in [1.807, 2.05) is 103 Å². The predicted octanol–water partition coefficient (Wildman–Crippen LogP) is 4.51. The minimum absolute atomic E-state index is 0.0750. The number of aliphatic hydroxyl groups is 1. The van der Waals surface area contributed by atoms with Gasteiger partial charge < -0.3 is 20.5 Å². The average molecular weight is 469 g/mol. The maximum atomic E-state index is 12.8. The molecule has 3 N–H and O–H groups in total. The molecule has 0 saturated carbocycles. The highest BCUT2D eigenvalue weighted by Gasteiger charge is 2.35. The van der Waals surface area contributed by atoms with Crippen molar-refractivity contribution in [3.8, 4) is 5.75 Å². The average Bonchev–Trinajstić information content (AvgIpc) is 2.77. The molecule has 0 radical (unpaired) electrons. The Balaban J connectivity index is 2.30. The molecular weight excluding hydrogens is 428 g/mol. The summed E-state index contributed by atoms with van der Waals surface area (Å²) in [5.41, 5.74) is -1.21. The maximum absolute atomic E-state index is 12.8. The molecule has 2 amide bonds. The zero-order valence-electron chi connectivity index (χ0n) is 21.8. The van der Waals surface area contributed by atoms with E-state index in [0.29, 0.717) is 5.75 Å². The summed E-state index contributed by atoms with van der Waals surface area (Å²) < 4.78 is 6.18. The number of carbonyl (C=O) groups excluding carboxylic acids is 2. The lowest BCUT2D eigenvalue weighted by molar-refractivity contribution is -0.131. The van der Waals surface area contributed by atoms with E-state index in [1.54, 1.807) is 6.92 Å². The van der Waals surface area contributed by atoms with Gasteiger partial charge in [0.05, 0.1) is 17.7 Å². The third-order valence-corrected chi connectivity index (χ3v) is 5.87. The standard InChI is InChI=1S/C28H40N2O4/c1-25(2,3)23(32)29-27(7,18-31)21-15-12-16-22(17-21)34-19-28(8,20-13-10-9-11-14-20)30-24(33)26(4,5)6/h9-17,31H,18-19H2,1-8H3,(H,29,32)(H,30,33)/t27-,28+/m1/s1. The van der Waals surface area contributed by atoms with Gasteiger partial charge in [0.25, 0.3) is 0 Å². The lowest BCUT2D eigenvalue weighted by Gasteiger charge is -2.35. The van der Waals surface area contributed by atoms with Crippen molar-refractivity contribution in [2.45, 2.75) is 66.5 Å². The van der Waals surface area contributed by atoms with Crippen molar-refractivity contribution in [2.75, 3.05) is 13.2 Å². The van der Waals surface area contributed by atoms with Gasteiger partial charge in [-0.25, -0.2) is 0 Å². The lowest BCUT2D eigenvalue weighted by Crippen LogP contribution is -2.51. The number of amides is 2. The molecule has 0 aliphatic heterocycles.